The summed E-state index contributed by atoms with van der Waals surface area (Å²) in [4.78, 5) is 12.1. The van der Waals surface area contributed by atoms with Crippen LogP contribution in [0.15, 0.2) is 47.4 Å². The Balaban J connectivity index is 1.84. The van der Waals surface area contributed by atoms with Crippen LogP contribution < -0.4 is 4.74 Å². The Labute approximate surface area is 129 Å². The fourth-order valence-corrected chi connectivity index (χ4v) is 2.83. The number of hydrogen-bond donors (Lipinski definition) is 1. The molecule has 0 radical (unpaired) electrons. The fourth-order valence-electron chi connectivity index (χ4n) is 1.99. The second-order valence-electron chi connectivity index (χ2n) is 4.80. The van der Waals surface area contributed by atoms with Crippen LogP contribution in [0, 0.1) is 13.8 Å². The van der Waals surface area contributed by atoms with Gasteiger partial charge in [-0.2, -0.15) is 0 Å². The van der Waals surface area contributed by atoms with Gasteiger partial charge in [-0.3, -0.25) is 0 Å². The summed E-state index contributed by atoms with van der Waals surface area (Å²) in [6, 6.07) is 13.0. The molecule has 0 saturated heterocycles. The van der Waals surface area contributed by atoms with Gasteiger partial charge in [0.2, 0.25) is 0 Å². The molecule has 0 unspecified atom stereocenters. The molecule has 110 valence electrons. The van der Waals surface area contributed by atoms with Gasteiger partial charge in [-0.25, -0.2) is 4.79 Å². The summed E-state index contributed by atoms with van der Waals surface area (Å²) in [7, 11) is 0. The summed E-state index contributed by atoms with van der Waals surface area (Å²) < 4.78 is 5.60. The molecule has 0 atom stereocenters. The van der Waals surface area contributed by atoms with Crippen molar-refractivity contribution < 1.29 is 14.6 Å². The molecule has 1 N–H and O–H groups in total. The van der Waals surface area contributed by atoms with Crippen molar-refractivity contribution in [3.63, 3.8) is 0 Å². The molecular formula is C17H18O3S. The maximum Gasteiger partial charge on any atom is 0.335 e. The maximum absolute atomic E-state index is 10.9. The molecule has 0 aliphatic carbocycles. The summed E-state index contributed by atoms with van der Waals surface area (Å²) in [5.74, 6) is 0.475. The minimum Gasteiger partial charge on any atom is -0.493 e. The minimum atomic E-state index is -0.940. The predicted octanol–water partition coefficient (Wildman–Crippen LogP) is 4.17. The van der Waals surface area contributed by atoms with Crippen molar-refractivity contribution >= 4 is 17.7 Å². The van der Waals surface area contributed by atoms with Crippen molar-refractivity contribution in [2.75, 3.05) is 12.4 Å². The largest absolute Gasteiger partial charge is 0.493 e. The lowest BCUT2D eigenvalue weighted by molar-refractivity contribution is 0.0696. The van der Waals surface area contributed by atoms with Gasteiger partial charge >= 0.3 is 5.97 Å². The van der Waals surface area contributed by atoms with Crippen LogP contribution >= 0.6 is 11.8 Å². The molecule has 0 heterocycles. The fraction of sp³-hybridized carbons (Fsp3) is 0.235. The van der Waals surface area contributed by atoms with Crippen LogP contribution in [-0.2, 0) is 0 Å². The topological polar surface area (TPSA) is 46.5 Å². The number of thioether (sulfide) groups is 1. The lowest BCUT2D eigenvalue weighted by Crippen LogP contribution is -2.02. The molecule has 2 aromatic carbocycles. The Bertz CT molecular complexity index is 638. The number of aromatic carboxylic acids is 1. The van der Waals surface area contributed by atoms with Gasteiger partial charge in [-0.1, -0.05) is 23.8 Å². The number of benzene rings is 2. The van der Waals surface area contributed by atoms with Crippen LogP contribution in [0.25, 0.3) is 0 Å². The first kappa shape index (κ1) is 15.4. The van der Waals surface area contributed by atoms with Crippen LogP contribution in [0.5, 0.6) is 5.75 Å². The lowest BCUT2D eigenvalue weighted by Gasteiger charge is -2.08. The third-order valence-corrected chi connectivity index (χ3v) is 4.16. The number of carbonyl (C=O) groups is 1. The molecule has 0 aromatic heterocycles. The molecule has 2 aromatic rings. The minimum absolute atomic E-state index is 0.245. The van der Waals surface area contributed by atoms with E-state index >= 15 is 0 Å². The van der Waals surface area contributed by atoms with Gasteiger partial charge in [-0.05, 0) is 43.7 Å². The van der Waals surface area contributed by atoms with Gasteiger partial charge < -0.3 is 9.84 Å². The van der Waals surface area contributed by atoms with Crippen molar-refractivity contribution in [1.82, 2.24) is 0 Å². The highest BCUT2D eigenvalue weighted by molar-refractivity contribution is 7.99. The number of aryl methyl sites for hydroxylation is 2. The van der Waals surface area contributed by atoms with Crippen LogP contribution in [0.3, 0.4) is 0 Å². The summed E-state index contributed by atoms with van der Waals surface area (Å²) in [5.41, 5.74) is 2.78. The maximum atomic E-state index is 10.9. The Hall–Kier alpha value is -1.94. The van der Waals surface area contributed by atoms with Gasteiger partial charge in [0.25, 0.3) is 0 Å². The smallest absolute Gasteiger partial charge is 0.335 e. The lowest BCUT2D eigenvalue weighted by atomic mass is 10.2. The van der Waals surface area contributed by atoms with E-state index in [1.165, 1.54) is 16.0 Å². The van der Waals surface area contributed by atoms with E-state index in [1.54, 1.807) is 36.0 Å². The van der Waals surface area contributed by atoms with E-state index in [4.69, 9.17) is 9.84 Å². The van der Waals surface area contributed by atoms with Crippen LogP contribution in [0.2, 0.25) is 0 Å². The summed E-state index contributed by atoms with van der Waals surface area (Å²) in [5, 5.41) is 8.92. The monoisotopic (exact) mass is 302 g/mol. The molecule has 0 fully saturated rings. The highest BCUT2D eigenvalue weighted by atomic mass is 32.2. The van der Waals surface area contributed by atoms with E-state index in [0.29, 0.717) is 12.4 Å². The molecular weight excluding hydrogens is 284 g/mol. The van der Waals surface area contributed by atoms with Gasteiger partial charge in [-0.15, -0.1) is 11.8 Å². The molecule has 0 bridgehead atoms. The molecule has 0 aliphatic rings. The van der Waals surface area contributed by atoms with E-state index in [-0.39, 0.29) is 5.56 Å². The first-order chi connectivity index (χ1) is 10.1. The third kappa shape index (κ3) is 4.53. The highest BCUT2D eigenvalue weighted by Crippen LogP contribution is 2.23. The number of hydrogen-bond acceptors (Lipinski definition) is 3. The van der Waals surface area contributed by atoms with Crippen LogP contribution in [-0.4, -0.2) is 23.4 Å². The standard InChI is InChI=1S/C17H18O3S/c1-12-6-7-16(13(2)10-12)21-9-8-20-15-5-3-4-14(11-15)17(18)19/h3-7,10-11H,8-9H2,1-2H3,(H,18,19). The van der Waals surface area contributed by atoms with Crippen molar-refractivity contribution in [3.05, 3.63) is 59.2 Å². The van der Waals surface area contributed by atoms with Crippen molar-refractivity contribution in [2.24, 2.45) is 0 Å². The summed E-state index contributed by atoms with van der Waals surface area (Å²) >= 11 is 1.74. The third-order valence-electron chi connectivity index (χ3n) is 3.02. The first-order valence-corrected chi connectivity index (χ1v) is 7.71. The number of carboxylic acids is 1. The number of carboxylic acid groups (broad SMARTS) is 1. The second-order valence-corrected chi connectivity index (χ2v) is 5.94. The van der Waals surface area contributed by atoms with Gasteiger partial charge in [0.05, 0.1) is 12.2 Å². The SMILES string of the molecule is Cc1ccc(SCCOc2cccc(C(=O)O)c2)c(C)c1. The zero-order valence-corrected chi connectivity index (χ0v) is 12.9. The van der Waals surface area contributed by atoms with E-state index in [9.17, 15) is 4.79 Å². The van der Waals surface area contributed by atoms with E-state index in [1.807, 2.05) is 0 Å². The molecule has 0 amide bonds. The normalized spacial score (nSPS) is 10.4. The summed E-state index contributed by atoms with van der Waals surface area (Å²) in [6.45, 7) is 4.73. The average molecular weight is 302 g/mol. The molecule has 0 aliphatic heterocycles. The van der Waals surface area contributed by atoms with Crippen molar-refractivity contribution in [3.8, 4) is 5.75 Å². The zero-order valence-electron chi connectivity index (χ0n) is 12.1. The molecule has 4 heteroatoms. The van der Waals surface area contributed by atoms with Crippen LogP contribution in [0.4, 0.5) is 0 Å². The number of rotatable bonds is 6. The predicted molar refractivity (Wildman–Crippen MR) is 85.5 cm³/mol. The van der Waals surface area contributed by atoms with Crippen molar-refractivity contribution in [2.45, 2.75) is 18.7 Å². The Morgan fingerprint density at radius 1 is 1.19 bits per heavy atom. The molecule has 0 spiro atoms. The van der Waals surface area contributed by atoms with Gasteiger partial charge in [0.15, 0.2) is 0 Å². The first-order valence-electron chi connectivity index (χ1n) is 6.72. The van der Waals surface area contributed by atoms with E-state index in [2.05, 4.69) is 32.0 Å². The zero-order chi connectivity index (χ0) is 15.2. The van der Waals surface area contributed by atoms with E-state index < -0.39 is 5.97 Å². The summed E-state index contributed by atoms with van der Waals surface area (Å²) in [6.07, 6.45) is 0. The molecule has 0 saturated carbocycles. The Morgan fingerprint density at radius 2 is 2.00 bits per heavy atom. The van der Waals surface area contributed by atoms with Crippen LogP contribution in [0.1, 0.15) is 21.5 Å². The highest BCUT2D eigenvalue weighted by Gasteiger charge is 2.04. The Kier molecular flexibility index (Phi) is 5.28. The number of ether oxygens (including phenoxy) is 1. The van der Waals surface area contributed by atoms with E-state index in [0.717, 1.165) is 5.75 Å². The average Bonchev–Trinajstić information content (AvgIpc) is 2.45. The Morgan fingerprint density at radius 3 is 2.71 bits per heavy atom. The molecule has 3 nitrogen and oxygen atoms in total. The van der Waals surface area contributed by atoms with Gasteiger partial charge in [0, 0.05) is 10.6 Å². The molecule has 2 rings (SSSR count). The quantitative estimate of drug-likeness (QED) is 0.642. The van der Waals surface area contributed by atoms with Crippen molar-refractivity contribution in [1.29, 1.82) is 0 Å². The molecule has 21 heavy (non-hydrogen) atoms. The van der Waals surface area contributed by atoms with Gasteiger partial charge in [0.1, 0.15) is 5.75 Å². The second kappa shape index (κ2) is 7.18.